The molecule has 1 fully saturated rings. The van der Waals surface area contributed by atoms with Gasteiger partial charge in [0.2, 0.25) is 0 Å². The van der Waals surface area contributed by atoms with Gasteiger partial charge < -0.3 is 19.4 Å². The van der Waals surface area contributed by atoms with Crippen LogP contribution in [0.4, 0.5) is 11.5 Å². The highest BCUT2D eigenvalue weighted by molar-refractivity contribution is 6.32. The Labute approximate surface area is 192 Å². The maximum Gasteiger partial charge on any atom is 0.139 e. The number of aryl methyl sites for hydroxylation is 1. The normalized spacial score (nSPS) is 14.7. The molecule has 0 aliphatic carbocycles. The molecule has 0 amide bonds. The molecule has 0 bridgehead atoms. The van der Waals surface area contributed by atoms with Gasteiger partial charge in [-0.2, -0.15) is 0 Å². The molecule has 32 heavy (non-hydrogen) atoms. The molecule has 0 unspecified atom stereocenters. The molecule has 1 N–H and O–H groups in total. The van der Waals surface area contributed by atoms with E-state index < -0.39 is 0 Å². The molecule has 0 saturated carbocycles. The quantitative estimate of drug-likeness (QED) is 0.471. The van der Waals surface area contributed by atoms with Crippen molar-refractivity contribution in [1.82, 2.24) is 19.4 Å². The van der Waals surface area contributed by atoms with Crippen LogP contribution in [0.15, 0.2) is 55.2 Å². The van der Waals surface area contributed by atoms with E-state index in [1.807, 2.05) is 31.3 Å². The molecule has 5 rings (SSSR count). The Morgan fingerprint density at radius 1 is 1.16 bits per heavy atom. The minimum atomic E-state index is 0.422. The first-order valence-corrected chi connectivity index (χ1v) is 11.1. The zero-order valence-corrected chi connectivity index (χ0v) is 18.9. The predicted octanol–water partition coefficient (Wildman–Crippen LogP) is 4.84. The van der Waals surface area contributed by atoms with Gasteiger partial charge in [0.15, 0.2) is 0 Å². The van der Waals surface area contributed by atoms with E-state index in [1.165, 1.54) is 5.69 Å². The number of nitrogens with one attached hydrogen (secondary N) is 1. The number of pyridine rings is 1. The maximum atomic E-state index is 6.36. The van der Waals surface area contributed by atoms with Gasteiger partial charge in [-0.25, -0.2) is 15.0 Å². The van der Waals surface area contributed by atoms with Crippen molar-refractivity contribution < 1.29 is 4.74 Å². The fraction of sp³-hybridized carbons (Fsp3) is 0.292. The van der Waals surface area contributed by atoms with E-state index in [0.717, 1.165) is 54.2 Å². The van der Waals surface area contributed by atoms with Crippen molar-refractivity contribution in [3.05, 3.63) is 65.8 Å². The number of piperidine rings is 1. The van der Waals surface area contributed by atoms with Crippen molar-refractivity contribution in [3.8, 4) is 17.0 Å². The van der Waals surface area contributed by atoms with Crippen LogP contribution >= 0.6 is 11.6 Å². The SMILES string of the molecule is COc1cc(C)c(-c2cn3ccc(N4CCC(Nc5ccncn5)CC4)cc3n2)cc1Cl. The second-order valence-corrected chi connectivity index (χ2v) is 8.49. The van der Waals surface area contributed by atoms with Gasteiger partial charge in [-0.1, -0.05) is 11.6 Å². The van der Waals surface area contributed by atoms with Crippen LogP contribution in [0.25, 0.3) is 16.9 Å². The van der Waals surface area contributed by atoms with Crippen molar-refractivity contribution >= 4 is 28.8 Å². The lowest BCUT2D eigenvalue weighted by molar-refractivity contribution is 0.415. The van der Waals surface area contributed by atoms with Gasteiger partial charge in [-0.05, 0) is 49.6 Å². The summed E-state index contributed by atoms with van der Waals surface area (Å²) in [5.41, 5.74) is 5.10. The van der Waals surface area contributed by atoms with Crippen LogP contribution in [0.1, 0.15) is 18.4 Å². The second kappa shape index (κ2) is 8.67. The van der Waals surface area contributed by atoms with Gasteiger partial charge in [0.25, 0.3) is 0 Å². The molecule has 1 saturated heterocycles. The Balaban J connectivity index is 1.32. The maximum absolute atomic E-state index is 6.36. The molecule has 1 aromatic carbocycles. The van der Waals surface area contributed by atoms with Crippen molar-refractivity contribution in [1.29, 1.82) is 0 Å². The lowest BCUT2D eigenvalue weighted by Crippen LogP contribution is -2.39. The fourth-order valence-electron chi connectivity index (χ4n) is 4.25. The highest BCUT2D eigenvalue weighted by atomic mass is 35.5. The molecule has 4 aromatic rings. The molecule has 0 spiro atoms. The van der Waals surface area contributed by atoms with E-state index in [2.05, 4.69) is 42.9 Å². The van der Waals surface area contributed by atoms with E-state index >= 15 is 0 Å². The largest absolute Gasteiger partial charge is 0.495 e. The van der Waals surface area contributed by atoms with E-state index in [9.17, 15) is 0 Å². The molecule has 0 atom stereocenters. The van der Waals surface area contributed by atoms with E-state index in [-0.39, 0.29) is 0 Å². The molecule has 7 nitrogen and oxygen atoms in total. The van der Waals surface area contributed by atoms with Gasteiger partial charge >= 0.3 is 0 Å². The molecular formula is C24H25ClN6O. The summed E-state index contributed by atoms with van der Waals surface area (Å²) in [5.74, 6) is 1.57. The summed E-state index contributed by atoms with van der Waals surface area (Å²) in [7, 11) is 1.63. The van der Waals surface area contributed by atoms with Crippen molar-refractivity contribution in [2.24, 2.45) is 0 Å². The zero-order valence-electron chi connectivity index (χ0n) is 18.1. The van der Waals surface area contributed by atoms with Crippen LogP contribution in [-0.4, -0.2) is 45.6 Å². The molecule has 3 aromatic heterocycles. The number of imidazole rings is 1. The Kier molecular flexibility index (Phi) is 5.57. The first-order chi connectivity index (χ1) is 15.6. The minimum Gasteiger partial charge on any atom is -0.495 e. The van der Waals surface area contributed by atoms with Gasteiger partial charge in [-0.15, -0.1) is 0 Å². The lowest BCUT2D eigenvalue weighted by Gasteiger charge is -2.34. The summed E-state index contributed by atoms with van der Waals surface area (Å²) in [6.07, 6.45) is 9.57. The average Bonchev–Trinajstić information content (AvgIpc) is 3.24. The topological polar surface area (TPSA) is 67.6 Å². The highest BCUT2D eigenvalue weighted by Crippen LogP contribution is 2.33. The van der Waals surface area contributed by atoms with E-state index in [1.54, 1.807) is 19.6 Å². The molecule has 1 aliphatic heterocycles. The van der Waals surface area contributed by atoms with Crippen molar-refractivity contribution in [2.45, 2.75) is 25.8 Å². The van der Waals surface area contributed by atoms with Crippen LogP contribution in [-0.2, 0) is 0 Å². The number of halogens is 1. The number of methoxy groups -OCH3 is 1. The number of aromatic nitrogens is 4. The lowest BCUT2D eigenvalue weighted by atomic mass is 10.0. The van der Waals surface area contributed by atoms with Crippen LogP contribution in [0.5, 0.6) is 5.75 Å². The second-order valence-electron chi connectivity index (χ2n) is 8.08. The van der Waals surface area contributed by atoms with Gasteiger partial charge in [0.1, 0.15) is 23.5 Å². The Morgan fingerprint density at radius 2 is 2.00 bits per heavy atom. The minimum absolute atomic E-state index is 0.422. The van der Waals surface area contributed by atoms with Gasteiger partial charge in [-0.3, -0.25) is 0 Å². The number of fused-ring (bicyclic) bond motifs is 1. The van der Waals surface area contributed by atoms with Crippen molar-refractivity contribution in [3.63, 3.8) is 0 Å². The Morgan fingerprint density at radius 3 is 2.75 bits per heavy atom. The number of ether oxygens (including phenoxy) is 1. The Hall–Kier alpha value is -3.32. The molecule has 1 aliphatic rings. The molecule has 0 radical (unpaired) electrons. The van der Waals surface area contributed by atoms with Crippen LogP contribution < -0.4 is 15.0 Å². The summed E-state index contributed by atoms with van der Waals surface area (Å²) >= 11 is 6.36. The monoisotopic (exact) mass is 448 g/mol. The third kappa shape index (κ3) is 4.08. The van der Waals surface area contributed by atoms with E-state index in [4.69, 9.17) is 21.3 Å². The summed E-state index contributed by atoms with van der Waals surface area (Å²) in [6, 6.07) is 10.5. The predicted molar refractivity (Wildman–Crippen MR) is 128 cm³/mol. The summed E-state index contributed by atoms with van der Waals surface area (Å²) in [6.45, 7) is 4.02. The average molecular weight is 449 g/mol. The smallest absolute Gasteiger partial charge is 0.139 e. The fourth-order valence-corrected chi connectivity index (χ4v) is 4.49. The van der Waals surface area contributed by atoms with Crippen LogP contribution in [0, 0.1) is 6.92 Å². The summed E-state index contributed by atoms with van der Waals surface area (Å²) in [4.78, 5) is 15.5. The van der Waals surface area contributed by atoms with Gasteiger partial charge in [0, 0.05) is 55.0 Å². The van der Waals surface area contributed by atoms with E-state index in [0.29, 0.717) is 16.8 Å². The summed E-state index contributed by atoms with van der Waals surface area (Å²) < 4.78 is 7.38. The zero-order chi connectivity index (χ0) is 22.1. The number of rotatable bonds is 5. The number of hydrogen-bond donors (Lipinski definition) is 1. The number of nitrogens with zero attached hydrogens (tertiary/aromatic N) is 5. The number of benzene rings is 1. The molecule has 4 heterocycles. The molecule has 8 heteroatoms. The van der Waals surface area contributed by atoms with Crippen LogP contribution in [0.2, 0.25) is 5.02 Å². The van der Waals surface area contributed by atoms with Gasteiger partial charge in [0.05, 0.1) is 17.8 Å². The third-order valence-corrected chi connectivity index (χ3v) is 6.31. The standard InChI is InChI=1S/C24H25ClN6O/c1-16-11-22(32-2)20(25)13-19(16)21-14-31-10-6-18(12-24(31)29-21)30-8-4-17(5-9-30)28-23-3-7-26-15-27-23/h3,6-7,10-15,17H,4-5,8-9H2,1-2H3,(H,26,27,28). The summed E-state index contributed by atoms with van der Waals surface area (Å²) in [5, 5.41) is 4.10. The first kappa shape index (κ1) is 20.6. The first-order valence-electron chi connectivity index (χ1n) is 10.7. The Bertz CT molecular complexity index is 1230. The number of anilines is 2. The third-order valence-electron chi connectivity index (χ3n) is 6.01. The number of hydrogen-bond acceptors (Lipinski definition) is 6. The van der Waals surface area contributed by atoms with Crippen molar-refractivity contribution in [2.75, 3.05) is 30.4 Å². The molecular weight excluding hydrogens is 424 g/mol. The highest BCUT2D eigenvalue weighted by Gasteiger charge is 2.20. The van der Waals surface area contributed by atoms with Crippen LogP contribution in [0.3, 0.4) is 0 Å². The molecule has 164 valence electrons.